The molecule has 1 heterocycles. The molecule has 1 N–H and O–H groups in total. The summed E-state index contributed by atoms with van der Waals surface area (Å²) in [5.41, 5.74) is 1.00. The fourth-order valence-corrected chi connectivity index (χ4v) is 2.17. The number of nitro groups is 1. The molecule has 18 heavy (non-hydrogen) atoms. The van der Waals surface area contributed by atoms with Crippen LogP contribution >= 0.6 is 0 Å². The summed E-state index contributed by atoms with van der Waals surface area (Å²) in [6.07, 6.45) is 1.79. The van der Waals surface area contributed by atoms with Crippen molar-refractivity contribution in [2.75, 3.05) is 26.3 Å². The van der Waals surface area contributed by atoms with Gasteiger partial charge in [-0.1, -0.05) is 18.2 Å². The molecule has 1 aromatic rings. The van der Waals surface area contributed by atoms with E-state index in [1.165, 1.54) is 0 Å². The molecular formula is C13H18N2O3. The molecule has 1 saturated heterocycles. The Labute approximate surface area is 106 Å². The number of ether oxygens (including phenoxy) is 1. The van der Waals surface area contributed by atoms with Crippen LogP contribution in [0.2, 0.25) is 0 Å². The quantitative estimate of drug-likeness (QED) is 0.474. The van der Waals surface area contributed by atoms with Gasteiger partial charge in [-0.25, -0.2) is 0 Å². The van der Waals surface area contributed by atoms with Crippen molar-refractivity contribution in [2.24, 2.45) is 5.92 Å². The Morgan fingerprint density at radius 1 is 1.44 bits per heavy atom. The highest BCUT2D eigenvalue weighted by molar-refractivity contribution is 5.39. The van der Waals surface area contributed by atoms with E-state index in [9.17, 15) is 10.1 Å². The van der Waals surface area contributed by atoms with Crippen LogP contribution in [0.3, 0.4) is 0 Å². The fourth-order valence-electron chi connectivity index (χ4n) is 2.17. The Morgan fingerprint density at radius 2 is 2.28 bits per heavy atom. The SMILES string of the molecule is O=[N+]([O-])c1ccccc1CCNCC1CCOC1. The van der Waals surface area contributed by atoms with Gasteiger partial charge in [0.15, 0.2) is 0 Å². The third-order valence-electron chi connectivity index (χ3n) is 3.22. The lowest BCUT2D eigenvalue weighted by atomic mass is 10.1. The van der Waals surface area contributed by atoms with E-state index in [0.29, 0.717) is 12.3 Å². The van der Waals surface area contributed by atoms with Crippen LogP contribution in [0.15, 0.2) is 24.3 Å². The van der Waals surface area contributed by atoms with E-state index in [4.69, 9.17) is 4.74 Å². The molecule has 5 nitrogen and oxygen atoms in total. The summed E-state index contributed by atoms with van der Waals surface area (Å²) in [4.78, 5) is 10.5. The van der Waals surface area contributed by atoms with E-state index in [1.54, 1.807) is 12.1 Å². The largest absolute Gasteiger partial charge is 0.381 e. The van der Waals surface area contributed by atoms with E-state index in [-0.39, 0.29) is 10.6 Å². The van der Waals surface area contributed by atoms with Crippen molar-refractivity contribution in [3.8, 4) is 0 Å². The van der Waals surface area contributed by atoms with E-state index < -0.39 is 0 Å². The first-order chi connectivity index (χ1) is 8.77. The first kappa shape index (κ1) is 13.0. The number of rotatable bonds is 6. The maximum atomic E-state index is 10.8. The first-order valence-electron chi connectivity index (χ1n) is 6.28. The van der Waals surface area contributed by atoms with E-state index in [2.05, 4.69) is 5.32 Å². The Hall–Kier alpha value is -1.46. The molecule has 98 valence electrons. The van der Waals surface area contributed by atoms with Gasteiger partial charge in [-0.2, -0.15) is 0 Å². The van der Waals surface area contributed by atoms with E-state index in [1.807, 2.05) is 12.1 Å². The number of para-hydroxylation sites is 1. The van der Waals surface area contributed by atoms with Crippen molar-refractivity contribution in [1.82, 2.24) is 5.32 Å². The molecule has 1 aromatic carbocycles. The maximum Gasteiger partial charge on any atom is 0.272 e. The van der Waals surface area contributed by atoms with Crippen LogP contribution < -0.4 is 5.32 Å². The third kappa shape index (κ3) is 3.51. The third-order valence-corrected chi connectivity index (χ3v) is 3.22. The molecule has 1 aliphatic rings. The summed E-state index contributed by atoms with van der Waals surface area (Å²) in [6, 6.07) is 6.91. The summed E-state index contributed by atoms with van der Waals surface area (Å²) in [7, 11) is 0. The molecule has 1 atom stereocenters. The summed E-state index contributed by atoms with van der Waals surface area (Å²) in [5, 5.41) is 14.2. The average Bonchev–Trinajstić information content (AvgIpc) is 2.88. The second-order valence-electron chi connectivity index (χ2n) is 4.57. The summed E-state index contributed by atoms with van der Waals surface area (Å²) in [5.74, 6) is 0.593. The Kier molecular flexibility index (Phi) is 4.66. The lowest BCUT2D eigenvalue weighted by molar-refractivity contribution is -0.385. The fraction of sp³-hybridized carbons (Fsp3) is 0.538. The van der Waals surface area contributed by atoms with Gasteiger partial charge >= 0.3 is 0 Å². The zero-order valence-electron chi connectivity index (χ0n) is 10.3. The van der Waals surface area contributed by atoms with Gasteiger partial charge in [-0.3, -0.25) is 10.1 Å². The van der Waals surface area contributed by atoms with Crippen LogP contribution in [0.25, 0.3) is 0 Å². The van der Waals surface area contributed by atoms with Crippen molar-refractivity contribution in [1.29, 1.82) is 0 Å². The number of hydrogen-bond donors (Lipinski definition) is 1. The second kappa shape index (κ2) is 6.47. The summed E-state index contributed by atoms with van der Waals surface area (Å²) >= 11 is 0. The molecule has 1 aliphatic heterocycles. The Morgan fingerprint density at radius 3 is 3.00 bits per heavy atom. The molecule has 1 unspecified atom stereocenters. The highest BCUT2D eigenvalue weighted by Crippen LogP contribution is 2.17. The van der Waals surface area contributed by atoms with Gasteiger partial charge in [-0.05, 0) is 25.3 Å². The number of nitro benzene ring substituents is 1. The van der Waals surface area contributed by atoms with Crippen LogP contribution in [0.4, 0.5) is 5.69 Å². The number of nitrogens with one attached hydrogen (secondary N) is 1. The molecule has 0 bridgehead atoms. The maximum absolute atomic E-state index is 10.8. The van der Waals surface area contributed by atoms with Gasteiger partial charge in [-0.15, -0.1) is 0 Å². The van der Waals surface area contributed by atoms with Gasteiger partial charge in [0, 0.05) is 24.8 Å². The molecule has 1 fully saturated rings. The predicted molar refractivity (Wildman–Crippen MR) is 68.6 cm³/mol. The summed E-state index contributed by atoms with van der Waals surface area (Å²) < 4.78 is 5.29. The highest BCUT2D eigenvalue weighted by atomic mass is 16.6. The minimum absolute atomic E-state index is 0.212. The average molecular weight is 250 g/mol. The minimum Gasteiger partial charge on any atom is -0.381 e. The molecule has 0 aromatic heterocycles. The van der Waals surface area contributed by atoms with Crippen molar-refractivity contribution >= 4 is 5.69 Å². The smallest absolute Gasteiger partial charge is 0.272 e. The number of hydrogen-bond acceptors (Lipinski definition) is 4. The van der Waals surface area contributed by atoms with E-state index >= 15 is 0 Å². The lowest BCUT2D eigenvalue weighted by Gasteiger charge is -2.09. The normalized spacial score (nSPS) is 19.0. The van der Waals surface area contributed by atoms with Crippen LogP contribution in [-0.2, 0) is 11.2 Å². The van der Waals surface area contributed by atoms with E-state index in [0.717, 1.165) is 38.3 Å². The van der Waals surface area contributed by atoms with Gasteiger partial charge in [0.05, 0.1) is 11.5 Å². The Balaban J connectivity index is 1.77. The zero-order valence-corrected chi connectivity index (χ0v) is 10.3. The first-order valence-corrected chi connectivity index (χ1v) is 6.28. The Bertz CT molecular complexity index is 403. The molecular weight excluding hydrogens is 232 g/mol. The lowest BCUT2D eigenvalue weighted by Crippen LogP contribution is -2.25. The molecule has 2 rings (SSSR count). The van der Waals surface area contributed by atoms with Crippen molar-refractivity contribution < 1.29 is 9.66 Å². The molecule has 0 amide bonds. The number of benzene rings is 1. The van der Waals surface area contributed by atoms with Crippen LogP contribution in [0.1, 0.15) is 12.0 Å². The zero-order chi connectivity index (χ0) is 12.8. The van der Waals surface area contributed by atoms with Crippen LogP contribution in [-0.4, -0.2) is 31.2 Å². The predicted octanol–water partition coefficient (Wildman–Crippen LogP) is 1.76. The van der Waals surface area contributed by atoms with Gasteiger partial charge < -0.3 is 10.1 Å². The van der Waals surface area contributed by atoms with Crippen molar-refractivity contribution in [3.05, 3.63) is 39.9 Å². The van der Waals surface area contributed by atoms with Gasteiger partial charge in [0.25, 0.3) is 5.69 Å². The molecule has 0 radical (unpaired) electrons. The molecule has 0 spiro atoms. The highest BCUT2D eigenvalue weighted by Gasteiger charge is 2.15. The van der Waals surface area contributed by atoms with Gasteiger partial charge in [0.2, 0.25) is 0 Å². The second-order valence-corrected chi connectivity index (χ2v) is 4.57. The number of nitrogens with zero attached hydrogens (tertiary/aromatic N) is 1. The topological polar surface area (TPSA) is 64.4 Å². The molecule has 0 aliphatic carbocycles. The summed E-state index contributed by atoms with van der Waals surface area (Å²) in [6.45, 7) is 3.39. The van der Waals surface area contributed by atoms with Gasteiger partial charge in [0.1, 0.15) is 0 Å². The van der Waals surface area contributed by atoms with Crippen molar-refractivity contribution in [3.63, 3.8) is 0 Å². The molecule has 5 heteroatoms. The minimum atomic E-state index is -0.319. The van der Waals surface area contributed by atoms with Crippen molar-refractivity contribution in [2.45, 2.75) is 12.8 Å². The van der Waals surface area contributed by atoms with Crippen LogP contribution in [0, 0.1) is 16.0 Å². The standard InChI is InChI=1S/C13H18N2O3/c16-15(17)13-4-2-1-3-12(13)5-7-14-9-11-6-8-18-10-11/h1-4,11,14H,5-10H2. The van der Waals surface area contributed by atoms with Crippen LogP contribution in [0.5, 0.6) is 0 Å². The monoisotopic (exact) mass is 250 g/mol. The molecule has 0 saturated carbocycles.